The highest BCUT2D eigenvalue weighted by Gasteiger charge is 2.22. The molecule has 1 atom stereocenters. The number of rotatable bonds is 4. The van der Waals surface area contributed by atoms with E-state index in [2.05, 4.69) is 0 Å². The van der Waals surface area contributed by atoms with Crippen molar-refractivity contribution in [3.05, 3.63) is 53.8 Å². The second kappa shape index (κ2) is 8.45. The van der Waals surface area contributed by atoms with Crippen LogP contribution in [0.15, 0.2) is 47.4 Å². The summed E-state index contributed by atoms with van der Waals surface area (Å²) in [5, 5.41) is 8.83. The van der Waals surface area contributed by atoms with E-state index in [9.17, 15) is 13.4 Å². The normalized spacial score (nSPS) is 16.0. The molecule has 0 saturated carbocycles. The van der Waals surface area contributed by atoms with Crippen molar-refractivity contribution in [3.8, 4) is 17.2 Å². The number of carbonyl (C=O) groups excluding carboxylic acids is 1. The van der Waals surface area contributed by atoms with Crippen molar-refractivity contribution in [1.82, 2.24) is 4.90 Å². The fourth-order valence-corrected chi connectivity index (χ4v) is 4.72. The zero-order chi connectivity index (χ0) is 19.4. The largest absolute Gasteiger partial charge is 0.343 e. The highest BCUT2D eigenvalue weighted by molar-refractivity contribution is 7.85. The number of piperidine rings is 1. The second-order valence-electron chi connectivity index (χ2n) is 6.79. The summed E-state index contributed by atoms with van der Waals surface area (Å²) in [5.74, 6) is 0.577. The van der Waals surface area contributed by atoms with Gasteiger partial charge in [-0.3, -0.25) is 9.00 Å². The first kappa shape index (κ1) is 19.2. The fraction of sp³-hybridized carbons (Fsp3) is 0.333. The van der Waals surface area contributed by atoms with E-state index in [0.29, 0.717) is 22.8 Å². The van der Waals surface area contributed by atoms with Crippen LogP contribution in [-0.4, -0.2) is 33.9 Å². The van der Waals surface area contributed by atoms with Crippen molar-refractivity contribution < 1.29 is 13.4 Å². The Morgan fingerprint density at radius 1 is 1.22 bits per heavy atom. The molecule has 0 radical (unpaired) electrons. The summed E-state index contributed by atoms with van der Waals surface area (Å²) in [6.45, 7) is 3.04. The van der Waals surface area contributed by atoms with Gasteiger partial charge in [0.2, 0.25) is 5.91 Å². The van der Waals surface area contributed by atoms with Gasteiger partial charge in [-0.25, -0.2) is 4.39 Å². The van der Waals surface area contributed by atoms with Gasteiger partial charge in [-0.1, -0.05) is 18.2 Å². The van der Waals surface area contributed by atoms with Gasteiger partial charge in [0.05, 0.1) is 22.4 Å². The van der Waals surface area contributed by atoms with E-state index in [1.165, 1.54) is 6.07 Å². The Morgan fingerprint density at radius 2 is 1.89 bits per heavy atom. The van der Waals surface area contributed by atoms with Crippen LogP contribution in [0, 0.1) is 23.1 Å². The van der Waals surface area contributed by atoms with Gasteiger partial charge in [-0.05, 0) is 48.6 Å². The highest BCUT2D eigenvalue weighted by Crippen LogP contribution is 2.26. The molecule has 1 aliphatic heterocycles. The maximum atomic E-state index is 14.1. The van der Waals surface area contributed by atoms with Crippen LogP contribution in [0.3, 0.4) is 0 Å². The van der Waals surface area contributed by atoms with Gasteiger partial charge < -0.3 is 4.90 Å². The maximum absolute atomic E-state index is 14.1. The topological polar surface area (TPSA) is 61.2 Å². The predicted molar refractivity (Wildman–Crippen MR) is 103 cm³/mol. The number of likely N-dealkylation sites (tertiary alicyclic amines) is 1. The Balaban J connectivity index is 1.64. The summed E-state index contributed by atoms with van der Waals surface area (Å²) < 4.78 is 26.8. The SMILES string of the molecule is CC(=O)N1CCC(CS(=O)c2ccc(-c3ccc(C#N)cc3F)cc2)CC1. The first-order valence-corrected chi connectivity index (χ1v) is 10.2. The van der Waals surface area contributed by atoms with E-state index >= 15 is 0 Å². The third-order valence-corrected chi connectivity index (χ3v) is 6.55. The number of nitrogens with zero attached hydrogens (tertiary/aromatic N) is 2. The molecule has 140 valence electrons. The van der Waals surface area contributed by atoms with Crippen LogP contribution in [0.2, 0.25) is 0 Å². The lowest BCUT2D eigenvalue weighted by molar-refractivity contribution is -0.130. The molecule has 1 saturated heterocycles. The lowest BCUT2D eigenvalue weighted by Gasteiger charge is -2.31. The van der Waals surface area contributed by atoms with E-state index in [-0.39, 0.29) is 11.5 Å². The van der Waals surface area contributed by atoms with Crippen LogP contribution < -0.4 is 0 Å². The van der Waals surface area contributed by atoms with Gasteiger partial charge in [-0.15, -0.1) is 0 Å². The summed E-state index contributed by atoms with van der Waals surface area (Å²) in [6, 6.07) is 13.4. The van der Waals surface area contributed by atoms with Crippen LogP contribution in [0.25, 0.3) is 11.1 Å². The molecule has 1 heterocycles. The molecule has 1 unspecified atom stereocenters. The molecule has 4 nitrogen and oxygen atoms in total. The lowest BCUT2D eigenvalue weighted by atomic mass is 9.99. The number of halogens is 1. The quantitative estimate of drug-likeness (QED) is 0.807. The van der Waals surface area contributed by atoms with Crippen molar-refractivity contribution >= 4 is 16.7 Å². The number of carbonyl (C=O) groups is 1. The van der Waals surface area contributed by atoms with E-state index < -0.39 is 16.6 Å². The molecule has 27 heavy (non-hydrogen) atoms. The Kier molecular flexibility index (Phi) is 6.02. The molecule has 3 rings (SSSR count). The molecule has 6 heteroatoms. The van der Waals surface area contributed by atoms with Crippen molar-refractivity contribution in [2.24, 2.45) is 5.92 Å². The van der Waals surface area contributed by atoms with E-state index in [4.69, 9.17) is 5.26 Å². The van der Waals surface area contributed by atoms with Crippen molar-refractivity contribution in [3.63, 3.8) is 0 Å². The third-order valence-electron chi connectivity index (χ3n) is 4.97. The van der Waals surface area contributed by atoms with Crippen molar-refractivity contribution in [2.75, 3.05) is 18.8 Å². The Morgan fingerprint density at radius 3 is 2.44 bits per heavy atom. The predicted octanol–water partition coefficient (Wildman–Crippen LogP) is 3.73. The maximum Gasteiger partial charge on any atom is 0.219 e. The van der Waals surface area contributed by atoms with Gasteiger partial charge in [0.25, 0.3) is 0 Å². The summed E-state index contributed by atoms with van der Waals surface area (Å²) in [7, 11) is -1.12. The molecular weight excluding hydrogens is 363 g/mol. The number of nitriles is 1. The molecule has 0 spiro atoms. The van der Waals surface area contributed by atoms with Crippen molar-refractivity contribution in [2.45, 2.75) is 24.7 Å². The average Bonchev–Trinajstić information content (AvgIpc) is 2.68. The van der Waals surface area contributed by atoms with Crippen LogP contribution in [0.1, 0.15) is 25.3 Å². The zero-order valence-electron chi connectivity index (χ0n) is 15.2. The molecule has 0 N–H and O–H groups in total. The van der Waals surface area contributed by atoms with Gasteiger partial charge >= 0.3 is 0 Å². The minimum Gasteiger partial charge on any atom is -0.343 e. The Labute approximate surface area is 161 Å². The minimum absolute atomic E-state index is 0.0974. The van der Waals surface area contributed by atoms with Crippen LogP contribution in [0.4, 0.5) is 4.39 Å². The first-order valence-electron chi connectivity index (χ1n) is 8.92. The lowest BCUT2D eigenvalue weighted by Crippen LogP contribution is -2.38. The number of hydrogen-bond donors (Lipinski definition) is 0. The smallest absolute Gasteiger partial charge is 0.219 e. The summed E-state index contributed by atoms with van der Waals surface area (Å²) in [6.07, 6.45) is 1.75. The molecule has 1 amide bonds. The number of hydrogen-bond acceptors (Lipinski definition) is 3. The minimum atomic E-state index is -1.12. The van der Waals surface area contributed by atoms with E-state index in [1.807, 2.05) is 11.0 Å². The Bertz CT molecular complexity index is 897. The molecule has 2 aromatic carbocycles. The Hall–Kier alpha value is -2.52. The van der Waals surface area contributed by atoms with Crippen LogP contribution in [0.5, 0.6) is 0 Å². The van der Waals surface area contributed by atoms with E-state index in [0.717, 1.165) is 30.8 Å². The van der Waals surface area contributed by atoms with Gasteiger partial charge in [0, 0.05) is 36.2 Å². The zero-order valence-corrected chi connectivity index (χ0v) is 16.0. The first-order chi connectivity index (χ1) is 13.0. The second-order valence-corrected chi connectivity index (χ2v) is 8.29. The summed E-state index contributed by atoms with van der Waals surface area (Å²) >= 11 is 0. The number of benzene rings is 2. The van der Waals surface area contributed by atoms with Crippen LogP contribution in [-0.2, 0) is 15.6 Å². The highest BCUT2D eigenvalue weighted by atomic mass is 32.2. The van der Waals surface area contributed by atoms with Crippen LogP contribution >= 0.6 is 0 Å². The molecule has 1 aliphatic rings. The molecular formula is C21H21FN2O2S. The molecule has 0 bridgehead atoms. The number of amides is 1. The van der Waals surface area contributed by atoms with Gasteiger partial charge in [-0.2, -0.15) is 5.26 Å². The molecule has 2 aromatic rings. The molecule has 1 fully saturated rings. The van der Waals surface area contributed by atoms with Crippen molar-refractivity contribution in [1.29, 1.82) is 5.26 Å². The summed E-state index contributed by atoms with van der Waals surface area (Å²) in [5.41, 5.74) is 1.39. The monoisotopic (exact) mass is 384 g/mol. The average molecular weight is 384 g/mol. The molecule has 0 aromatic heterocycles. The van der Waals surface area contributed by atoms with E-state index in [1.54, 1.807) is 43.3 Å². The summed E-state index contributed by atoms with van der Waals surface area (Å²) in [4.78, 5) is 13.9. The van der Waals surface area contributed by atoms with Gasteiger partial charge in [0.15, 0.2) is 0 Å². The molecule has 0 aliphatic carbocycles. The van der Waals surface area contributed by atoms with Gasteiger partial charge in [0.1, 0.15) is 5.82 Å². The fourth-order valence-electron chi connectivity index (χ4n) is 3.33. The third kappa shape index (κ3) is 4.61. The standard InChI is InChI=1S/C21H21FN2O2S/c1-15(25)24-10-8-16(9-11-24)14-27(26)19-5-3-18(4-6-19)20-7-2-17(13-23)12-21(20)22/h2-7,12,16H,8-11,14H2,1H3.